The molecule has 1 aliphatic rings. The Morgan fingerprint density at radius 3 is 1.27 bits per heavy atom. The highest BCUT2D eigenvalue weighted by Gasteiger charge is 2.45. The van der Waals surface area contributed by atoms with E-state index >= 15 is 0 Å². The monoisotopic (exact) mass is 798 g/mol. The zero-order chi connectivity index (χ0) is 43.7. The summed E-state index contributed by atoms with van der Waals surface area (Å²) in [7, 11) is 0. The van der Waals surface area contributed by atoms with Gasteiger partial charge in [-0.05, 0) is 158 Å². The maximum atomic E-state index is 14.6. The maximum absolute atomic E-state index is 14.6. The molecule has 0 aromatic heterocycles. The second-order valence-corrected chi connectivity index (χ2v) is 18.2. The average molecular weight is 798 g/mol. The summed E-state index contributed by atoms with van der Waals surface area (Å²) >= 11 is 0. The summed E-state index contributed by atoms with van der Waals surface area (Å²) in [5.41, 5.74) is 8.62. The molecule has 4 aromatic rings. The van der Waals surface area contributed by atoms with Crippen molar-refractivity contribution in [2.45, 2.75) is 132 Å². The summed E-state index contributed by atoms with van der Waals surface area (Å²) < 4.78 is 0. The number of rotatable bonds is 19. The molecule has 0 aliphatic heterocycles. The Hall–Kier alpha value is -4.23. The van der Waals surface area contributed by atoms with E-state index in [1.165, 1.54) is 11.1 Å². The molecule has 0 N–H and O–H groups in total. The van der Waals surface area contributed by atoms with Gasteiger partial charge in [0, 0.05) is 22.1 Å². The van der Waals surface area contributed by atoms with Crippen LogP contribution < -0.4 is 0 Å². The van der Waals surface area contributed by atoms with Crippen LogP contribution in [0.5, 0.6) is 0 Å². The first-order valence-corrected chi connectivity index (χ1v) is 22.1. The Bertz CT molecular complexity index is 2090. The lowest BCUT2D eigenvalue weighted by molar-refractivity contribution is 0.0664. The number of likely N-dealkylation sites (N-methyl/N-ethyl adjacent to an activating group) is 3. The van der Waals surface area contributed by atoms with Crippen molar-refractivity contribution < 1.29 is 14.4 Å². The molecule has 6 nitrogen and oxygen atoms in total. The largest absolute Gasteiger partial charge is 0.292 e. The molecule has 0 radical (unpaired) electrons. The predicted molar refractivity (Wildman–Crippen MR) is 246 cm³/mol. The van der Waals surface area contributed by atoms with Gasteiger partial charge in [0.25, 0.3) is 0 Å². The number of carbonyl (C=O) groups is 3. The molecule has 0 spiro atoms. The molecule has 0 bridgehead atoms. The number of benzene rings is 4. The molecule has 0 fully saturated rings. The van der Waals surface area contributed by atoms with Gasteiger partial charge in [0.15, 0.2) is 17.3 Å². The minimum atomic E-state index is -0.678. The molecule has 6 heteroatoms. The van der Waals surface area contributed by atoms with Crippen molar-refractivity contribution in [2.24, 2.45) is 0 Å². The van der Waals surface area contributed by atoms with Crippen molar-refractivity contribution in [3.63, 3.8) is 0 Å². The second-order valence-electron chi connectivity index (χ2n) is 18.2. The molecule has 0 unspecified atom stereocenters. The van der Waals surface area contributed by atoms with Gasteiger partial charge in [-0.2, -0.15) is 0 Å². The molecule has 0 saturated heterocycles. The van der Waals surface area contributed by atoms with E-state index in [0.717, 1.165) is 83.8 Å². The quantitative estimate of drug-likeness (QED) is 0.0881. The van der Waals surface area contributed by atoms with Crippen LogP contribution in [0.25, 0.3) is 11.1 Å². The van der Waals surface area contributed by atoms with Crippen LogP contribution in [-0.4, -0.2) is 87.9 Å². The first-order valence-electron chi connectivity index (χ1n) is 22.1. The SMILES string of the molecule is CCN(CC)C(C)(C)C(=O)c1ccc2c(c1)C(Cc1ccc(C(=O)C(C)(C)N(CC)CC)c(C)c1)(Cc1ccc(C(=O)C(C)(C)N(CC)CC)c(C)c1)c1ccccc1-2. The van der Waals surface area contributed by atoms with Gasteiger partial charge in [-0.25, -0.2) is 0 Å². The standard InChI is InChI=1S/C53H71N3O3/c1-15-54(16-2)50(9,10)47(57)40-27-30-44-43-23-21-22-24-45(43)53(46(44)33-40,34-38-25-28-41(36(7)31-38)48(58)51(11,12)55(17-3)18-4)35-39-26-29-42(37(8)32-39)49(59)52(13,14)56(19-5)20-6/h21-33H,15-20,34-35H2,1-14H3. The first kappa shape index (κ1) is 45.8. The fraction of sp³-hybridized carbons (Fsp3) is 0.491. The third-order valence-electron chi connectivity index (χ3n) is 13.9. The van der Waals surface area contributed by atoms with Crippen LogP contribution in [0.4, 0.5) is 0 Å². The Labute approximate surface area is 356 Å². The number of fused-ring (bicyclic) bond motifs is 3. The minimum Gasteiger partial charge on any atom is -0.292 e. The molecule has 0 heterocycles. The number of hydrogen-bond acceptors (Lipinski definition) is 6. The van der Waals surface area contributed by atoms with E-state index in [0.29, 0.717) is 18.4 Å². The fourth-order valence-corrected chi connectivity index (χ4v) is 10.4. The van der Waals surface area contributed by atoms with Crippen molar-refractivity contribution in [2.75, 3.05) is 39.3 Å². The van der Waals surface area contributed by atoms with E-state index in [1.807, 2.05) is 59.7 Å². The molecule has 4 aromatic carbocycles. The summed E-state index contributed by atoms with van der Waals surface area (Å²) in [5, 5.41) is 0. The van der Waals surface area contributed by atoms with E-state index in [1.54, 1.807) is 0 Å². The second kappa shape index (κ2) is 17.8. The molecule has 1 aliphatic carbocycles. The topological polar surface area (TPSA) is 60.9 Å². The first-order chi connectivity index (χ1) is 27.8. The van der Waals surface area contributed by atoms with Crippen LogP contribution in [0.15, 0.2) is 78.9 Å². The van der Waals surface area contributed by atoms with Crippen LogP contribution >= 0.6 is 0 Å². The zero-order valence-electron chi connectivity index (χ0n) is 38.7. The molecular weight excluding hydrogens is 727 g/mol. The smallest absolute Gasteiger partial charge is 0.182 e. The summed E-state index contributed by atoms with van der Waals surface area (Å²) in [5.74, 6) is 0.368. The van der Waals surface area contributed by atoms with Gasteiger partial charge in [0.2, 0.25) is 0 Å². The molecule has 316 valence electrons. The Balaban J connectivity index is 1.70. The van der Waals surface area contributed by atoms with Crippen molar-refractivity contribution in [1.29, 1.82) is 0 Å². The van der Waals surface area contributed by atoms with Crippen LogP contribution in [0.3, 0.4) is 0 Å². The van der Waals surface area contributed by atoms with E-state index in [-0.39, 0.29) is 17.3 Å². The van der Waals surface area contributed by atoms with Crippen LogP contribution in [0.2, 0.25) is 0 Å². The van der Waals surface area contributed by atoms with Gasteiger partial charge < -0.3 is 0 Å². The van der Waals surface area contributed by atoms with Crippen molar-refractivity contribution in [3.8, 4) is 11.1 Å². The zero-order valence-corrected chi connectivity index (χ0v) is 38.7. The number of hydrogen-bond donors (Lipinski definition) is 0. The number of carbonyl (C=O) groups excluding carboxylic acids is 3. The Morgan fingerprint density at radius 1 is 0.475 bits per heavy atom. The normalized spacial score (nSPS) is 13.9. The van der Waals surface area contributed by atoms with Gasteiger partial charge in [-0.1, -0.05) is 114 Å². The van der Waals surface area contributed by atoms with E-state index in [4.69, 9.17) is 0 Å². The van der Waals surface area contributed by atoms with Crippen LogP contribution in [0, 0.1) is 13.8 Å². The van der Waals surface area contributed by atoms with Crippen LogP contribution in [0.1, 0.15) is 148 Å². The summed E-state index contributed by atoms with van der Waals surface area (Å²) in [6.07, 6.45) is 1.33. The minimum absolute atomic E-state index is 0.109. The molecule has 59 heavy (non-hydrogen) atoms. The van der Waals surface area contributed by atoms with Gasteiger partial charge in [0.1, 0.15) is 0 Å². The molecule has 0 atom stereocenters. The molecular formula is C53H71N3O3. The third kappa shape index (κ3) is 8.30. The number of aryl methyl sites for hydroxylation is 2. The number of Topliss-reactive ketones (excluding diaryl/α,β-unsaturated/α-hetero) is 3. The van der Waals surface area contributed by atoms with Gasteiger partial charge in [-0.3, -0.25) is 29.1 Å². The highest BCUT2D eigenvalue weighted by atomic mass is 16.1. The average Bonchev–Trinajstić information content (AvgIpc) is 3.46. The van der Waals surface area contributed by atoms with Crippen molar-refractivity contribution in [1.82, 2.24) is 14.7 Å². The summed E-state index contributed by atoms with van der Waals surface area (Å²) in [6, 6.07) is 27.8. The van der Waals surface area contributed by atoms with E-state index < -0.39 is 22.0 Å². The number of nitrogens with zero attached hydrogens (tertiary/aromatic N) is 3. The fourth-order valence-electron chi connectivity index (χ4n) is 10.4. The lowest BCUT2D eigenvalue weighted by Gasteiger charge is -2.37. The Kier molecular flexibility index (Phi) is 13.8. The molecule has 0 amide bonds. The van der Waals surface area contributed by atoms with Gasteiger partial charge in [-0.15, -0.1) is 0 Å². The molecule has 0 saturated carbocycles. The maximum Gasteiger partial charge on any atom is 0.182 e. The Morgan fingerprint density at radius 2 is 0.864 bits per heavy atom. The highest BCUT2D eigenvalue weighted by molar-refractivity contribution is 6.05. The van der Waals surface area contributed by atoms with Crippen LogP contribution in [-0.2, 0) is 18.3 Å². The lowest BCUT2D eigenvalue weighted by Crippen LogP contribution is -2.50. The summed E-state index contributed by atoms with van der Waals surface area (Å²) in [6.45, 7) is 33.7. The van der Waals surface area contributed by atoms with E-state index in [9.17, 15) is 14.4 Å². The third-order valence-corrected chi connectivity index (χ3v) is 13.9. The highest BCUT2D eigenvalue weighted by Crippen LogP contribution is 2.53. The number of ketones is 3. The molecule has 5 rings (SSSR count). The predicted octanol–water partition coefficient (Wildman–Crippen LogP) is 11.0. The van der Waals surface area contributed by atoms with Gasteiger partial charge >= 0.3 is 0 Å². The van der Waals surface area contributed by atoms with Crippen molar-refractivity contribution in [3.05, 3.63) is 129 Å². The lowest BCUT2D eigenvalue weighted by atomic mass is 9.68. The van der Waals surface area contributed by atoms with Crippen molar-refractivity contribution >= 4 is 17.3 Å². The van der Waals surface area contributed by atoms with E-state index in [2.05, 4.69) is 131 Å². The van der Waals surface area contributed by atoms with Gasteiger partial charge in [0.05, 0.1) is 16.6 Å². The summed E-state index contributed by atoms with van der Waals surface area (Å²) in [4.78, 5) is 49.5.